The SMILES string of the molecule is CCCCCCNC(=O)c1nn(-c2cccc(C)c2)c(=O)cc1O. The zero-order chi connectivity index (χ0) is 17.5. The Labute approximate surface area is 141 Å². The van der Waals surface area contributed by atoms with Crippen molar-refractivity contribution in [3.63, 3.8) is 0 Å². The van der Waals surface area contributed by atoms with Crippen LogP contribution < -0.4 is 10.9 Å². The third-order valence-electron chi connectivity index (χ3n) is 3.69. The molecular formula is C18H23N3O3. The standard InChI is InChI=1S/C18H23N3O3/c1-3-4-5-6-10-19-18(24)17-15(22)12-16(23)21(20-17)14-9-7-8-13(2)11-14/h7-9,11-12,22H,3-6,10H2,1-2H3,(H,19,24). The molecule has 2 aromatic rings. The van der Waals surface area contributed by atoms with Gasteiger partial charge in [0.15, 0.2) is 11.4 Å². The van der Waals surface area contributed by atoms with Crippen LogP contribution in [0.3, 0.4) is 0 Å². The highest BCUT2D eigenvalue weighted by Crippen LogP contribution is 2.13. The summed E-state index contributed by atoms with van der Waals surface area (Å²) in [5, 5.41) is 16.7. The summed E-state index contributed by atoms with van der Waals surface area (Å²) in [6.45, 7) is 4.54. The van der Waals surface area contributed by atoms with Gasteiger partial charge < -0.3 is 10.4 Å². The molecule has 6 heteroatoms. The van der Waals surface area contributed by atoms with Gasteiger partial charge >= 0.3 is 0 Å². The summed E-state index contributed by atoms with van der Waals surface area (Å²) in [5.41, 5.74) is 0.886. The molecule has 0 radical (unpaired) electrons. The first-order chi connectivity index (χ1) is 11.5. The average Bonchev–Trinajstić information content (AvgIpc) is 2.54. The number of benzene rings is 1. The van der Waals surface area contributed by atoms with Crippen molar-refractivity contribution in [2.45, 2.75) is 39.5 Å². The van der Waals surface area contributed by atoms with E-state index in [2.05, 4.69) is 17.3 Å². The van der Waals surface area contributed by atoms with Crippen molar-refractivity contribution in [3.8, 4) is 11.4 Å². The molecule has 1 aromatic heterocycles. The number of nitrogens with zero attached hydrogens (tertiary/aromatic N) is 2. The Morgan fingerprint density at radius 2 is 2.04 bits per heavy atom. The van der Waals surface area contributed by atoms with E-state index in [0.717, 1.165) is 42.0 Å². The number of aryl methyl sites for hydroxylation is 1. The van der Waals surface area contributed by atoms with Gasteiger partial charge in [0.05, 0.1) is 5.69 Å². The van der Waals surface area contributed by atoms with Gasteiger partial charge in [-0.1, -0.05) is 38.3 Å². The maximum atomic E-state index is 12.2. The molecule has 1 heterocycles. The van der Waals surface area contributed by atoms with Crippen LogP contribution in [0.5, 0.6) is 5.75 Å². The van der Waals surface area contributed by atoms with Gasteiger partial charge in [0.25, 0.3) is 11.5 Å². The molecule has 0 aliphatic rings. The Kier molecular flexibility index (Phi) is 6.12. The monoisotopic (exact) mass is 329 g/mol. The average molecular weight is 329 g/mol. The van der Waals surface area contributed by atoms with Crippen molar-refractivity contribution in [1.29, 1.82) is 0 Å². The summed E-state index contributed by atoms with van der Waals surface area (Å²) in [4.78, 5) is 24.3. The third kappa shape index (κ3) is 4.44. The van der Waals surface area contributed by atoms with Gasteiger partial charge in [-0.2, -0.15) is 9.78 Å². The minimum absolute atomic E-state index is 0.147. The maximum absolute atomic E-state index is 12.2. The molecule has 0 saturated carbocycles. The molecule has 0 atom stereocenters. The number of aromatic hydroxyl groups is 1. The summed E-state index contributed by atoms with van der Waals surface area (Å²) < 4.78 is 1.12. The van der Waals surface area contributed by atoms with E-state index >= 15 is 0 Å². The normalized spacial score (nSPS) is 10.6. The van der Waals surface area contributed by atoms with Crippen LogP contribution in [-0.2, 0) is 0 Å². The summed E-state index contributed by atoms with van der Waals surface area (Å²) in [6, 6.07) is 8.24. The zero-order valence-corrected chi connectivity index (χ0v) is 14.1. The lowest BCUT2D eigenvalue weighted by molar-refractivity contribution is 0.0943. The van der Waals surface area contributed by atoms with Gasteiger partial charge in [-0.3, -0.25) is 9.59 Å². The van der Waals surface area contributed by atoms with Gasteiger partial charge in [0.1, 0.15) is 0 Å². The van der Waals surface area contributed by atoms with Gasteiger partial charge in [0.2, 0.25) is 0 Å². The fourth-order valence-corrected chi connectivity index (χ4v) is 2.39. The molecule has 1 amide bonds. The number of amides is 1. The number of hydrogen-bond donors (Lipinski definition) is 2. The summed E-state index contributed by atoms with van der Waals surface area (Å²) in [6.07, 6.45) is 4.16. The fourth-order valence-electron chi connectivity index (χ4n) is 2.39. The van der Waals surface area contributed by atoms with Crippen LogP contribution >= 0.6 is 0 Å². The van der Waals surface area contributed by atoms with Crippen molar-refractivity contribution in [2.75, 3.05) is 6.54 Å². The molecule has 0 unspecified atom stereocenters. The Hall–Kier alpha value is -2.63. The molecule has 0 aliphatic carbocycles. The molecule has 2 rings (SSSR count). The van der Waals surface area contributed by atoms with Crippen LogP contribution in [0.1, 0.15) is 48.7 Å². The Balaban J connectivity index is 2.20. The molecule has 0 bridgehead atoms. The summed E-state index contributed by atoms with van der Waals surface area (Å²) in [5.74, 6) is -0.889. The first-order valence-corrected chi connectivity index (χ1v) is 8.21. The molecule has 24 heavy (non-hydrogen) atoms. The van der Waals surface area contributed by atoms with Gasteiger partial charge in [-0.15, -0.1) is 0 Å². The minimum Gasteiger partial charge on any atom is -0.505 e. The number of nitrogens with one attached hydrogen (secondary N) is 1. The third-order valence-corrected chi connectivity index (χ3v) is 3.69. The molecule has 0 fully saturated rings. The minimum atomic E-state index is -0.488. The highest BCUT2D eigenvalue weighted by molar-refractivity contribution is 5.94. The van der Waals surface area contributed by atoms with Crippen LogP contribution in [0.15, 0.2) is 35.1 Å². The van der Waals surface area contributed by atoms with Gasteiger partial charge in [-0.05, 0) is 31.0 Å². The number of unbranched alkanes of at least 4 members (excludes halogenated alkanes) is 3. The number of aromatic nitrogens is 2. The number of hydrogen-bond acceptors (Lipinski definition) is 4. The molecule has 6 nitrogen and oxygen atoms in total. The van der Waals surface area contributed by atoms with Crippen LogP contribution in [0.2, 0.25) is 0 Å². The van der Waals surface area contributed by atoms with Gasteiger partial charge in [0, 0.05) is 12.6 Å². The predicted molar refractivity (Wildman–Crippen MR) is 92.7 cm³/mol. The van der Waals surface area contributed by atoms with Crippen molar-refractivity contribution in [1.82, 2.24) is 15.1 Å². The van der Waals surface area contributed by atoms with E-state index in [4.69, 9.17) is 0 Å². The number of carbonyl (C=O) groups is 1. The highest BCUT2D eigenvalue weighted by atomic mass is 16.3. The van der Waals surface area contributed by atoms with Crippen LogP contribution in [0.25, 0.3) is 5.69 Å². The van der Waals surface area contributed by atoms with E-state index in [1.807, 2.05) is 13.0 Å². The molecule has 1 aromatic carbocycles. The second-order valence-corrected chi connectivity index (χ2v) is 5.78. The van der Waals surface area contributed by atoms with Crippen molar-refractivity contribution >= 4 is 5.91 Å². The lowest BCUT2D eigenvalue weighted by Gasteiger charge is -2.10. The smallest absolute Gasteiger partial charge is 0.275 e. The van der Waals surface area contributed by atoms with Crippen LogP contribution in [-0.4, -0.2) is 27.3 Å². The lowest BCUT2D eigenvalue weighted by atomic mass is 10.2. The van der Waals surface area contributed by atoms with E-state index in [1.54, 1.807) is 18.2 Å². The zero-order valence-electron chi connectivity index (χ0n) is 14.1. The topological polar surface area (TPSA) is 84.2 Å². The lowest BCUT2D eigenvalue weighted by Crippen LogP contribution is -2.29. The summed E-state index contributed by atoms with van der Waals surface area (Å²) >= 11 is 0. The van der Waals surface area contributed by atoms with E-state index in [0.29, 0.717) is 12.2 Å². The first-order valence-electron chi connectivity index (χ1n) is 8.21. The second-order valence-electron chi connectivity index (χ2n) is 5.78. The molecule has 0 aliphatic heterocycles. The first kappa shape index (κ1) is 17.7. The predicted octanol–water partition coefficient (Wildman–Crippen LogP) is 2.56. The van der Waals surface area contributed by atoms with E-state index < -0.39 is 17.2 Å². The molecular weight excluding hydrogens is 306 g/mol. The van der Waals surface area contributed by atoms with Crippen LogP contribution in [0, 0.1) is 6.92 Å². The molecule has 0 spiro atoms. The molecule has 2 N–H and O–H groups in total. The van der Waals surface area contributed by atoms with E-state index in [9.17, 15) is 14.7 Å². The van der Waals surface area contributed by atoms with Crippen molar-refractivity contribution < 1.29 is 9.90 Å². The van der Waals surface area contributed by atoms with E-state index in [-0.39, 0.29) is 5.69 Å². The Morgan fingerprint density at radius 1 is 1.25 bits per heavy atom. The Morgan fingerprint density at radius 3 is 2.75 bits per heavy atom. The second kappa shape index (κ2) is 8.29. The number of rotatable bonds is 7. The maximum Gasteiger partial charge on any atom is 0.275 e. The Bertz CT molecular complexity index is 768. The quantitative estimate of drug-likeness (QED) is 0.765. The summed E-state index contributed by atoms with van der Waals surface area (Å²) in [7, 11) is 0. The largest absolute Gasteiger partial charge is 0.505 e. The molecule has 128 valence electrons. The fraction of sp³-hybridized carbons (Fsp3) is 0.389. The van der Waals surface area contributed by atoms with Crippen LogP contribution in [0.4, 0.5) is 0 Å². The van der Waals surface area contributed by atoms with Crippen molar-refractivity contribution in [2.24, 2.45) is 0 Å². The van der Waals surface area contributed by atoms with Crippen molar-refractivity contribution in [3.05, 3.63) is 51.9 Å². The highest BCUT2D eigenvalue weighted by Gasteiger charge is 2.16. The van der Waals surface area contributed by atoms with Gasteiger partial charge in [-0.25, -0.2) is 0 Å². The molecule has 0 saturated heterocycles. The number of carbonyl (C=O) groups excluding carboxylic acids is 1. The van der Waals surface area contributed by atoms with E-state index in [1.165, 1.54) is 0 Å².